The number of aliphatic hydroxyl groups is 6. The lowest BCUT2D eigenvalue weighted by Crippen LogP contribution is -2.81. The monoisotopic (exact) mass is 1770 g/mol. The fourth-order valence-corrected chi connectivity index (χ4v) is 22.1. The van der Waals surface area contributed by atoms with Gasteiger partial charge in [0.25, 0.3) is 5.56 Å². The van der Waals surface area contributed by atoms with Gasteiger partial charge < -0.3 is 76.2 Å². The van der Waals surface area contributed by atoms with E-state index < -0.39 is 112 Å². The molecular weight excluding hydrogens is 1660 g/mol. The number of methoxy groups -OCH3 is 1. The molecule has 37 nitrogen and oxygen atoms in total. The van der Waals surface area contributed by atoms with Crippen LogP contribution < -0.4 is 31.6 Å². The molecule has 2 amide bonds. The fraction of sp³-hybridized carbons (Fsp3) is 0.547. The number of aliphatic hydroxyl groups excluding tert-OH is 4. The molecular formula is C86H106N14O23S2. The first kappa shape index (κ1) is 95.1. The Balaban J connectivity index is 0.00000162. The van der Waals surface area contributed by atoms with E-state index in [-0.39, 0.29) is 111 Å². The molecule has 4 aromatic heterocycles. The second-order valence-corrected chi connectivity index (χ2v) is 35.8. The van der Waals surface area contributed by atoms with E-state index in [0.29, 0.717) is 118 Å². The smallest absolute Gasteiger partial charge is 0.407 e. The van der Waals surface area contributed by atoms with Crippen LogP contribution in [0.4, 0.5) is 16.4 Å². The number of anilines is 2. The molecule has 5 aliphatic heterocycles. The number of alkyl carbamates (subject to hydrolysis) is 1. The lowest BCUT2D eigenvalue weighted by molar-refractivity contribution is -0.201. The summed E-state index contributed by atoms with van der Waals surface area (Å²) < 4.78 is 19.3. The van der Waals surface area contributed by atoms with Gasteiger partial charge in [0.2, 0.25) is 11.9 Å². The van der Waals surface area contributed by atoms with Crippen molar-refractivity contribution in [3.8, 4) is 5.75 Å². The Bertz CT molecular complexity index is 5220. The van der Waals surface area contributed by atoms with E-state index in [1.807, 2.05) is 43.2 Å². The van der Waals surface area contributed by atoms with E-state index in [2.05, 4.69) is 106 Å². The van der Waals surface area contributed by atoms with E-state index in [1.165, 1.54) is 31.8 Å². The van der Waals surface area contributed by atoms with Crippen LogP contribution in [0.2, 0.25) is 0 Å². The number of hydrogen-bond acceptors (Lipinski definition) is 33. The highest BCUT2D eigenvalue weighted by Gasteiger charge is 2.78. The number of unbranched alkanes of at least 4 members (excludes halogenated alkanes) is 1. The molecule has 2 aliphatic carbocycles. The van der Waals surface area contributed by atoms with Crippen LogP contribution >= 0.6 is 21.6 Å². The number of H-pyrrole nitrogens is 2. The van der Waals surface area contributed by atoms with Gasteiger partial charge in [-0.05, 0) is 125 Å². The van der Waals surface area contributed by atoms with Gasteiger partial charge in [-0.25, -0.2) is 19.4 Å². The number of nitrogens with two attached hydrogens (primary N) is 1. The first-order valence-electron chi connectivity index (χ1n) is 41.6. The van der Waals surface area contributed by atoms with Gasteiger partial charge in [0.05, 0.1) is 80.2 Å². The number of nitrogens with one attached hydrogen (secondary N) is 4. The topological polar surface area (TPSA) is 552 Å². The number of benzene rings is 3. The van der Waals surface area contributed by atoms with Crippen molar-refractivity contribution >= 4 is 109 Å². The molecule has 2 saturated carbocycles. The first-order valence-corrected chi connectivity index (χ1v) is 44.1. The Hall–Kier alpha value is -10.6. The number of para-hydroxylation sites is 1. The quantitative estimate of drug-likeness (QED) is 0.0122. The van der Waals surface area contributed by atoms with Crippen molar-refractivity contribution in [2.75, 3.05) is 88.8 Å². The molecule has 125 heavy (non-hydrogen) atoms. The molecule has 5 unspecified atom stereocenters. The number of piperidine rings is 1. The molecule has 670 valence electrons. The molecule has 13 N–H and O–H groups in total. The summed E-state index contributed by atoms with van der Waals surface area (Å²) in [5.41, 5.74) is 7.93. The predicted molar refractivity (Wildman–Crippen MR) is 449 cm³/mol. The number of aromatic amines is 2. The van der Waals surface area contributed by atoms with E-state index in [1.54, 1.807) is 31.6 Å². The van der Waals surface area contributed by atoms with Crippen LogP contribution in [-0.2, 0) is 100 Å². The lowest BCUT2D eigenvalue weighted by atomic mass is 9.47. The van der Waals surface area contributed by atoms with Gasteiger partial charge in [-0.1, -0.05) is 95.3 Å². The van der Waals surface area contributed by atoms with E-state index >= 15 is 4.79 Å². The van der Waals surface area contributed by atoms with Crippen molar-refractivity contribution in [1.29, 1.82) is 0 Å². The number of aryl methyl sites for hydroxylation is 2. The zero-order valence-electron chi connectivity index (χ0n) is 70.0. The first-order chi connectivity index (χ1) is 59.9. The summed E-state index contributed by atoms with van der Waals surface area (Å²) in [6, 6.07) is 17.7. The van der Waals surface area contributed by atoms with Crippen LogP contribution in [-0.4, -0.2) is 277 Å². The molecule has 2 bridgehead atoms. The predicted octanol–water partition coefficient (Wildman–Crippen LogP) is 3.10. The molecule has 1 spiro atoms. The maximum absolute atomic E-state index is 15.4. The minimum atomic E-state index is -2.42. The second kappa shape index (κ2) is 41.7. The zero-order chi connectivity index (χ0) is 90.3. The van der Waals surface area contributed by atoms with E-state index in [0.717, 1.165) is 58.5 Å². The van der Waals surface area contributed by atoms with Crippen molar-refractivity contribution in [3.05, 3.63) is 140 Å². The minimum absolute atomic E-state index is 0.0209. The molecule has 7 aromatic rings. The highest BCUT2D eigenvalue weighted by Crippen LogP contribution is 2.68. The largest absolute Gasteiger partial charge is 0.496 e. The Kier molecular flexibility index (Phi) is 31.7. The molecule has 9 heterocycles. The molecule has 16 atom stereocenters. The number of fused-ring (bicyclic) bond motifs is 7. The van der Waals surface area contributed by atoms with Crippen molar-refractivity contribution in [2.45, 2.75) is 201 Å². The number of carbonyl (C=O) groups excluding carboxylic acids is 11. The molecule has 4 fully saturated rings. The Labute approximate surface area is 726 Å². The maximum atomic E-state index is 15.4. The number of likely N-dealkylation sites (N-methyl/N-ethyl adjacent to an activating group) is 1. The number of ether oxygens (including phenoxy) is 3. The summed E-state index contributed by atoms with van der Waals surface area (Å²) in [5, 5.41) is 94.6. The lowest BCUT2D eigenvalue weighted by Gasteiger charge is -2.63. The van der Waals surface area contributed by atoms with Crippen LogP contribution in [0.25, 0.3) is 22.1 Å². The molecule has 3 aromatic carbocycles. The van der Waals surface area contributed by atoms with Crippen molar-refractivity contribution in [3.63, 3.8) is 0 Å². The van der Waals surface area contributed by atoms with Crippen molar-refractivity contribution < 1.29 is 107 Å². The van der Waals surface area contributed by atoms with Gasteiger partial charge in [0.1, 0.15) is 30.7 Å². The second-order valence-electron chi connectivity index (χ2n) is 33.1. The van der Waals surface area contributed by atoms with Crippen LogP contribution in [0.3, 0.4) is 0 Å². The van der Waals surface area contributed by atoms with Gasteiger partial charge in [0.15, 0.2) is 34.1 Å². The van der Waals surface area contributed by atoms with E-state index in [4.69, 9.17) is 48.7 Å². The zero-order valence-corrected chi connectivity index (χ0v) is 71.7. The van der Waals surface area contributed by atoms with Crippen molar-refractivity contribution in [2.24, 2.45) is 17.3 Å². The number of amides is 2. The van der Waals surface area contributed by atoms with Crippen molar-refractivity contribution in [1.82, 2.24) is 60.3 Å². The summed E-state index contributed by atoms with van der Waals surface area (Å²) in [5.74, 6) is -2.69. The average molecular weight is 1770 g/mol. The van der Waals surface area contributed by atoms with Gasteiger partial charge in [0, 0.05) is 138 Å². The molecule has 39 heteroatoms. The van der Waals surface area contributed by atoms with Gasteiger partial charge >= 0.3 is 30.5 Å². The number of rotatable bonds is 33. The Morgan fingerprint density at radius 1 is 0.816 bits per heavy atom. The Morgan fingerprint density at radius 2 is 1.54 bits per heavy atom. The average Bonchev–Trinajstić information content (AvgIpc) is 1.49. The van der Waals surface area contributed by atoms with E-state index in [9.17, 15) is 64.5 Å². The number of aliphatic carboxylic acids is 1. The number of Topliss-reactive ketones (excluding diaryl/α,β-unsaturated/α-hetero) is 3. The van der Waals surface area contributed by atoms with Gasteiger partial charge in [-0.15, -0.1) is 5.10 Å². The minimum Gasteiger partial charge on any atom is -0.496 e. The van der Waals surface area contributed by atoms with Gasteiger partial charge in [-0.3, -0.25) is 43.6 Å². The maximum Gasteiger partial charge on any atom is 0.407 e. The van der Waals surface area contributed by atoms with Crippen LogP contribution in [0, 0.1) is 17.3 Å². The summed E-state index contributed by atoms with van der Waals surface area (Å²) in [6.45, 7) is 9.19. The van der Waals surface area contributed by atoms with Crippen LogP contribution in [0.5, 0.6) is 5.75 Å². The highest BCUT2D eigenvalue weighted by atomic mass is 33.1. The fourth-order valence-electron chi connectivity index (χ4n) is 20.2. The normalized spacial score (nSPS) is 27.0. The number of carbonyl (C=O) groups is 6. The summed E-state index contributed by atoms with van der Waals surface area (Å²) in [6.07, 6.45) is 5.32. The summed E-state index contributed by atoms with van der Waals surface area (Å²) >= 11 is 0. The SMILES string of the molecule is CCC1(O)C[C@H]2CN(CCc3c([nH]c4ccccc34)[C@@](C)(c3cc4c(cc3OC)N(C)[C@H]3[C@@](O)(C(=O)CNC(=O)OCCSSCCCC(=O)[C@H](Cc5cn(CCOC6CC(C(=O)O)C(O)[C@H](O)[C@@H]6O)nn5)NC(=O)CCCCC(=O)c5ccc(CCc6cnc7nc(N)[nH]c(=O)c7n6)cc5)[C@H](O)[C@]5(CC)C=CCN6CC[C@]43[C@@H]65)C2)C1.O=C=O.O=C=O.O=C=O. The summed E-state index contributed by atoms with van der Waals surface area (Å²) in [7, 11) is 6.41. The summed E-state index contributed by atoms with van der Waals surface area (Å²) in [4.78, 5) is 169. The third-order valence-corrected chi connectivity index (χ3v) is 28.3. The number of carboxylic acids is 1. The van der Waals surface area contributed by atoms with Gasteiger partial charge in [-0.2, -0.15) is 33.8 Å². The number of carboxylic acid groups (broad SMARTS) is 1. The molecule has 2 saturated heterocycles. The van der Waals surface area contributed by atoms with Crippen LogP contribution in [0.1, 0.15) is 148 Å². The number of ketones is 3. The van der Waals surface area contributed by atoms with Crippen LogP contribution in [0.15, 0.2) is 90.0 Å². The third kappa shape index (κ3) is 20.3. The highest BCUT2D eigenvalue weighted by molar-refractivity contribution is 8.76. The number of aromatic nitrogens is 8. The number of nitrogen functional groups attached to an aromatic ring is 1. The third-order valence-electron chi connectivity index (χ3n) is 25.8. The molecule has 7 aliphatic rings. The number of hydrogen-bond donors (Lipinski definition) is 12. The Morgan fingerprint density at radius 3 is 2.26 bits per heavy atom. The molecule has 0 radical (unpaired) electrons. The molecule has 14 rings (SSSR count). The standard InChI is InChI=1S/C83H106N14O17S2.3CO2/c1-6-80(110)41-48-40-79(3,70-53(25-29-95(44-48)46-80)52-14-8-9-15-57(52)89-70)56-38-55-59(39-62(56)112-5)94(4)75-82(55)27-30-96-28-13-26-81(7-2,74(82)96)76(108)83(75,111)64(100)43-86-78(109)114-33-35-116-115-34-12-17-61(99)58(36-51-45-97(93-92-51)31-32-113-63-37-54(73(106)107)67(102)69(104)68(63)103)88-65(101)18-11-10-16-60(98)49-22-19-47(20-23-49)21-24-50-42-85-71-66(87-50)72(105)91-77(84)90-71;3*2-1-3/h8-9,13-15,19-20,22-23,26,38-39,42,45,48,54,58,63,67-69,74-76,89,102-104,108,110-111H,6-7,10-12,16-18,21,24-25,27-37,40-41,43-44,46H2,1-5H3,(H,86,109)(H,88,101)(H,106,107)(H3,84,85,90,91,105);;;/t48-,54?,58-,63?,67?,68+,69-,74-,75+,76+,79+,80?,81+,82+,83-;;;/m0.../s1. The number of nitrogens with zero attached hydrogens (tertiary/aromatic N) is 9.